The van der Waals surface area contributed by atoms with Crippen LogP contribution in [0.4, 0.5) is 0 Å². The Hall–Kier alpha value is -0.990. The molecule has 0 unspecified atom stereocenters. The van der Waals surface area contributed by atoms with E-state index in [1.54, 1.807) is 24.3 Å². The molecule has 0 aromatic heterocycles. The van der Waals surface area contributed by atoms with Gasteiger partial charge in [-0.25, -0.2) is 4.79 Å². The highest BCUT2D eigenvalue weighted by atomic mass is 35.5. The quantitative estimate of drug-likeness (QED) is 0.743. The largest absolute Gasteiger partial charge is 0.453 e. The van der Waals surface area contributed by atoms with Gasteiger partial charge in [-0.05, 0) is 23.8 Å². The summed E-state index contributed by atoms with van der Waals surface area (Å²) in [5, 5.41) is 1.01. The van der Waals surface area contributed by atoms with Gasteiger partial charge in [-0.3, -0.25) is 0 Å². The topological polar surface area (TPSA) is 26.3 Å². The zero-order chi connectivity index (χ0) is 10.4. The van der Waals surface area contributed by atoms with Crippen molar-refractivity contribution in [3.8, 4) is 0 Å². The van der Waals surface area contributed by atoms with Crippen LogP contribution in [0.5, 0.6) is 0 Å². The van der Waals surface area contributed by atoms with Crippen molar-refractivity contribution in [3.63, 3.8) is 0 Å². The van der Waals surface area contributed by atoms with Crippen LogP contribution in [0.3, 0.4) is 0 Å². The van der Waals surface area contributed by atoms with Crippen LogP contribution < -0.4 is 0 Å². The third-order valence-electron chi connectivity index (χ3n) is 1.49. The lowest BCUT2D eigenvalue weighted by Crippen LogP contribution is -1.85. The van der Waals surface area contributed by atoms with Crippen LogP contribution in [0.25, 0.3) is 6.08 Å². The zero-order valence-electron chi connectivity index (χ0n) is 7.17. The molecule has 0 heterocycles. The molecule has 0 spiro atoms. The molecule has 0 amide bonds. The lowest BCUT2D eigenvalue weighted by Gasteiger charge is -1.97. The Morgan fingerprint density at radius 3 is 2.79 bits per heavy atom. The minimum atomic E-state index is 0.198. The molecule has 1 aromatic carbocycles. The highest BCUT2D eigenvalue weighted by Crippen LogP contribution is 2.22. The van der Waals surface area contributed by atoms with Gasteiger partial charge >= 0.3 is 6.47 Å². The Kier molecular flexibility index (Phi) is 4.50. The van der Waals surface area contributed by atoms with Gasteiger partial charge in [-0.1, -0.05) is 35.3 Å². The first-order valence-corrected chi connectivity index (χ1v) is 4.60. The molecule has 2 nitrogen and oxygen atoms in total. The van der Waals surface area contributed by atoms with E-state index in [9.17, 15) is 4.79 Å². The van der Waals surface area contributed by atoms with E-state index in [1.165, 1.54) is 6.47 Å². The van der Waals surface area contributed by atoms with E-state index in [4.69, 9.17) is 23.2 Å². The fraction of sp³-hybridized carbons (Fsp3) is 0.100. The van der Waals surface area contributed by atoms with Crippen molar-refractivity contribution in [2.75, 3.05) is 6.61 Å². The first-order valence-electron chi connectivity index (χ1n) is 3.84. The monoisotopic (exact) mass is 229 g/mol. The van der Waals surface area contributed by atoms with Gasteiger partial charge in [0.2, 0.25) is 0 Å². The Morgan fingerprint density at radius 2 is 2.14 bits per heavy atom. The standard InChI is InChI=1S/C10H7Cl2O2/c11-9-4-3-8(6-10(9)12)2-1-5-14-7-13/h1-4,6H,5H2/b2-1+. The van der Waals surface area contributed by atoms with Crippen molar-refractivity contribution in [1.82, 2.24) is 0 Å². The molecule has 0 aliphatic heterocycles. The molecule has 1 rings (SSSR count). The lowest BCUT2D eigenvalue weighted by molar-refractivity contribution is 0.314. The van der Waals surface area contributed by atoms with Gasteiger partial charge in [-0.2, -0.15) is 0 Å². The van der Waals surface area contributed by atoms with E-state index < -0.39 is 0 Å². The molecule has 0 bridgehead atoms. The van der Waals surface area contributed by atoms with E-state index in [1.807, 2.05) is 6.07 Å². The van der Waals surface area contributed by atoms with Crippen LogP contribution in [0.2, 0.25) is 10.0 Å². The summed E-state index contributed by atoms with van der Waals surface area (Å²) >= 11 is 11.5. The van der Waals surface area contributed by atoms with Crippen LogP contribution in [-0.2, 0) is 9.53 Å². The van der Waals surface area contributed by atoms with Crippen molar-refractivity contribution >= 4 is 35.8 Å². The number of halogens is 2. The van der Waals surface area contributed by atoms with E-state index in [-0.39, 0.29) is 6.61 Å². The maximum Gasteiger partial charge on any atom is 0.417 e. The van der Waals surface area contributed by atoms with Crippen molar-refractivity contribution in [2.24, 2.45) is 0 Å². The molecule has 0 saturated heterocycles. The van der Waals surface area contributed by atoms with Crippen molar-refractivity contribution in [2.45, 2.75) is 0 Å². The first-order chi connectivity index (χ1) is 6.74. The van der Waals surface area contributed by atoms with Crippen LogP contribution in [0, 0.1) is 0 Å². The molecule has 0 atom stereocenters. The van der Waals surface area contributed by atoms with E-state index in [2.05, 4.69) is 4.74 Å². The van der Waals surface area contributed by atoms with Gasteiger partial charge in [0, 0.05) is 0 Å². The average Bonchev–Trinajstić information content (AvgIpc) is 2.18. The second kappa shape index (κ2) is 5.68. The fourth-order valence-electron chi connectivity index (χ4n) is 0.882. The summed E-state index contributed by atoms with van der Waals surface area (Å²) in [7, 11) is 0. The third-order valence-corrected chi connectivity index (χ3v) is 2.23. The van der Waals surface area contributed by atoms with Gasteiger partial charge in [-0.15, -0.1) is 0 Å². The smallest absolute Gasteiger partial charge is 0.417 e. The molecule has 0 fully saturated rings. The predicted octanol–water partition coefficient (Wildman–Crippen LogP) is 3.09. The molecule has 4 heteroatoms. The molecular weight excluding hydrogens is 223 g/mol. The fourth-order valence-corrected chi connectivity index (χ4v) is 1.19. The zero-order valence-corrected chi connectivity index (χ0v) is 8.68. The number of rotatable bonds is 4. The minimum Gasteiger partial charge on any atom is -0.453 e. The van der Waals surface area contributed by atoms with Gasteiger partial charge in [0.1, 0.15) is 6.61 Å². The Bertz CT molecular complexity index is 348. The highest BCUT2D eigenvalue weighted by molar-refractivity contribution is 6.42. The summed E-state index contributed by atoms with van der Waals surface area (Å²) < 4.78 is 4.36. The number of benzene rings is 1. The normalized spacial score (nSPS) is 10.4. The van der Waals surface area contributed by atoms with Crippen molar-refractivity contribution < 1.29 is 9.53 Å². The molecule has 0 N–H and O–H groups in total. The maximum absolute atomic E-state index is 9.70. The SMILES string of the molecule is O=[C]OC/C=C/c1ccc(Cl)c(Cl)c1. The maximum atomic E-state index is 9.70. The molecule has 1 radical (unpaired) electrons. The Morgan fingerprint density at radius 1 is 1.36 bits per heavy atom. The van der Waals surface area contributed by atoms with E-state index >= 15 is 0 Å². The summed E-state index contributed by atoms with van der Waals surface area (Å²) in [6.45, 7) is 1.52. The molecular formula is C10H7Cl2O2. The van der Waals surface area contributed by atoms with Gasteiger partial charge in [0.25, 0.3) is 0 Å². The van der Waals surface area contributed by atoms with Crippen LogP contribution in [0.1, 0.15) is 5.56 Å². The molecule has 14 heavy (non-hydrogen) atoms. The van der Waals surface area contributed by atoms with Crippen LogP contribution in [-0.4, -0.2) is 13.1 Å². The van der Waals surface area contributed by atoms with E-state index in [0.29, 0.717) is 10.0 Å². The van der Waals surface area contributed by atoms with Gasteiger partial charge < -0.3 is 4.74 Å². The number of hydrogen-bond donors (Lipinski definition) is 0. The predicted molar refractivity (Wildman–Crippen MR) is 57.1 cm³/mol. The number of ether oxygens (including phenoxy) is 1. The van der Waals surface area contributed by atoms with Gasteiger partial charge in [0.05, 0.1) is 10.0 Å². The molecule has 1 aromatic rings. The molecule has 73 valence electrons. The third kappa shape index (κ3) is 3.40. The van der Waals surface area contributed by atoms with Crippen molar-refractivity contribution in [3.05, 3.63) is 39.9 Å². The summed E-state index contributed by atoms with van der Waals surface area (Å²) in [6, 6.07) is 5.25. The number of carbonyl (C=O) groups excluding carboxylic acids is 1. The first kappa shape index (κ1) is 11.1. The molecule has 0 saturated carbocycles. The Labute approximate surface area is 92.1 Å². The highest BCUT2D eigenvalue weighted by Gasteiger charge is 1.95. The second-order valence-corrected chi connectivity index (χ2v) is 3.28. The average molecular weight is 230 g/mol. The van der Waals surface area contributed by atoms with Crippen LogP contribution in [0.15, 0.2) is 24.3 Å². The van der Waals surface area contributed by atoms with Crippen molar-refractivity contribution in [1.29, 1.82) is 0 Å². The summed E-state index contributed by atoms with van der Waals surface area (Å²) in [6.07, 6.45) is 3.46. The molecule has 0 aliphatic rings. The minimum absolute atomic E-state index is 0.198. The molecule has 0 aliphatic carbocycles. The second-order valence-electron chi connectivity index (χ2n) is 2.47. The lowest BCUT2D eigenvalue weighted by atomic mass is 10.2. The summed E-state index contributed by atoms with van der Waals surface area (Å²) in [5.74, 6) is 0. The van der Waals surface area contributed by atoms with Gasteiger partial charge in [0.15, 0.2) is 0 Å². The van der Waals surface area contributed by atoms with Crippen LogP contribution >= 0.6 is 23.2 Å². The summed E-state index contributed by atoms with van der Waals surface area (Å²) in [5.41, 5.74) is 0.897. The Balaban J connectivity index is 2.63. The van der Waals surface area contributed by atoms with E-state index in [0.717, 1.165) is 5.56 Å². The number of hydrogen-bond acceptors (Lipinski definition) is 2. The summed E-state index contributed by atoms with van der Waals surface area (Å²) in [4.78, 5) is 9.70.